The number of nitrogens with one attached hydrogen (secondary N) is 2. The molecule has 2 atom stereocenters. The number of aromatic nitrogens is 2. The summed E-state index contributed by atoms with van der Waals surface area (Å²) in [6, 6.07) is 14.3. The Bertz CT molecular complexity index is 1150. The Balaban J connectivity index is 1.31. The molecule has 4 heterocycles. The number of nitriles is 1. The maximum atomic E-state index is 13.7. The molecule has 0 spiro atoms. The van der Waals surface area contributed by atoms with Crippen molar-refractivity contribution in [2.75, 3.05) is 26.2 Å². The van der Waals surface area contributed by atoms with Gasteiger partial charge in [-0.1, -0.05) is 12.5 Å². The van der Waals surface area contributed by atoms with E-state index in [9.17, 15) is 10.1 Å². The van der Waals surface area contributed by atoms with Crippen LogP contribution in [-0.2, 0) is 11.3 Å². The van der Waals surface area contributed by atoms with Crippen LogP contribution in [0.5, 0.6) is 0 Å². The summed E-state index contributed by atoms with van der Waals surface area (Å²) in [5.74, 6) is 0.166. The summed E-state index contributed by atoms with van der Waals surface area (Å²) in [6.45, 7) is 4.36. The highest BCUT2D eigenvalue weighted by Gasteiger charge is 2.33. The maximum Gasteiger partial charge on any atom is 0.240 e. The molecule has 5 rings (SSSR count). The van der Waals surface area contributed by atoms with Gasteiger partial charge in [-0.15, -0.1) is 0 Å². The van der Waals surface area contributed by atoms with Gasteiger partial charge in [0, 0.05) is 60.4 Å². The van der Waals surface area contributed by atoms with Crippen LogP contribution in [0, 0.1) is 11.3 Å². The molecule has 3 aromatic rings. The number of piperidine rings is 1. The van der Waals surface area contributed by atoms with Crippen molar-refractivity contribution in [3.8, 4) is 6.07 Å². The van der Waals surface area contributed by atoms with E-state index >= 15 is 0 Å². The maximum absolute atomic E-state index is 13.7. The van der Waals surface area contributed by atoms with E-state index in [0.717, 1.165) is 42.0 Å². The number of piperazine rings is 1. The van der Waals surface area contributed by atoms with Gasteiger partial charge in [-0.3, -0.25) is 9.69 Å². The van der Waals surface area contributed by atoms with Crippen molar-refractivity contribution in [3.63, 3.8) is 0 Å². The van der Waals surface area contributed by atoms with Crippen molar-refractivity contribution in [3.05, 3.63) is 54.5 Å². The Morgan fingerprint density at radius 1 is 1.21 bits per heavy atom. The SMILES string of the molecule is N#Cc1cccn1CCC(NSc1cccc2[nH]ccc12)C(=O)N1CCN2CCCCC2C1. The molecule has 2 unspecified atom stereocenters. The average Bonchev–Trinajstić information content (AvgIpc) is 3.53. The number of carbonyl (C=O) groups is 1. The second kappa shape index (κ2) is 10.0. The lowest BCUT2D eigenvalue weighted by Gasteiger charge is -2.44. The summed E-state index contributed by atoms with van der Waals surface area (Å²) < 4.78 is 5.42. The van der Waals surface area contributed by atoms with Gasteiger partial charge in [0.05, 0.1) is 6.04 Å². The van der Waals surface area contributed by atoms with Gasteiger partial charge in [0.1, 0.15) is 11.8 Å². The second-order valence-electron chi connectivity index (χ2n) is 8.92. The fraction of sp³-hybridized carbons (Fsp3) is 0.440. The van der Waals surface area contributed by atoms with Gasteiger partial charge < -0.3 is 14.5 Å². The summed E-state index contributed by atoms with van der Waals surface area (Å²) in [5, 5.41) is 10.5. The Morgan fingerprint density at radius 3 is 3.06 bits per heavy atom. The van der Waals surface area contributed by atoms with Crippen LogP contribution in [0.1, 0.15) is 31.4 Å². The summed E-state index contributed by atoms with van der Waals surface area (Å²) in [4.78, 5) is 22.6. The Morgan fingerprint density at radius 2 is 2.15 bits per heavy atom. The largest absolute Gasteiger partial charge is 0.361 e. The lowest BCUT2D eigenvalue weighted by molar-refractivity contribution is -0.136. The molecule has 0 saturated carbocycles. The van der Waals surface area contributed by atoms with E-state index in [0.29, 0.717) is 24.7 Å². The minimum Gasteiger partial charge on any atom is -0.361 e. The molecule has 0 aliphatic carbocycles. The predicted octanol–water partition coefficient (Wildman–Crippen LogP) is 3.59. The van der Waals surface area contributed by atoms with E-state index in [-0.39, 0.29) is 11.9 Å². The highest BCUT2D eigenvalue weighted by atomic mass is 32.2. The number of aromatic amines is 1. The molecule has 0 bridgehead atoms. The molecular formula is C25H30N6OS. The van der Waals surface area contributed by atoms with Crippen LogP contribution < -0.4 is 4.72 Å². The summed E-state index contributed by atoms with van der Waals surface area (Å²) in [6.07, 6.45) is 8.19. The van der Waals surface area contributed by atoms with Crippen LogP contribution in [0.4, 0.5) is 0 Å². The van der Waals surface area contributed by atoms with Gasteiger partial charge in [0.15, 0.2) is 0 Å². The van der Waals surface area contributed by atoms with Crippen molar-refractivity contribution >= 4 is 28.8 Å². The Kier molecular flexibility index (Phi) is 6.72. The van der Waals surface area contributed by atoms with Crippen LogP contribution in [0.2, 0.25) is 0 Å². The minimum atomic E-state index is -0.326. The minimum absolute atomic E-state index is 0.166. The molecule has 2 saturated heterocycles. The van der Waals surface area contributed by atoms with E-state index in [2.05, 4.69) is 43.8 Å². The summed E-state index contributed by atoms with van der Waals surface area (Å²) in [5.41, 5.74) is 1.71. The van der Waals surface area contributed by atoms with Crippen molar-refractivity contribution in [1.29, 1.82) is 5.26 Å². The van der Waals surface area contributed by atoms with E-state index in [4.69, 9.17) is 0 Å². The monoisotopic (exact) mass is 462 g/mol. The smallest absolute Gasteiger partial charge is 0.240 e. The first-order chi connectivity index (χ1) is 16.2. The number of fused-ring (bicyclic) bond motifs is 2. The molecule has 2 aliphatic heterocycles. The number of amides is 1. The average molecular weight is 463 g/mol. The number of H-pyrrole nitrogens is 1. The van der Waals surface area contributed by atoms with Gasteiger partial charge in [0.2, 0.25) is 5.91 Å². The Hall–Kier alpha value is -2.73. The fourth-order valence-electron chi connectivity index (χ4n) is 5.07. The van der Waals surface area contributed by atoms with Crippen LogP contribution in [-0.4, -0.2) is 63.5 Å². The molecule has 8 heteroatoms. The second-order valence-corrected chi connectivity index (χ2v) is 9.80. The molecule has 7 nitrogen and oxygen atoms in total. The van der Waals surface area contributed by atoms with Crippen molar-refractivity contribution in [1.82, 2.24) is 24.1 Å². The van der Waals surface area contributed by atoms with Gasteiger partial charge in [0.25, 0.3) is 0 Å². The predicted molar refractivity (Wildman–Crippen MR) is 131 cm³/mol. The highest BCUT2D eigenvalue weighted by Crippen LogP contribution is 2.27. The first kappa shape index (κ1) is 22.1. The van der Waals surface area contributed by atoms with Gasteiger partial charge in [-0.2, -0.15) is 5.26 Å². The first-order valence-corrected chi connectivity index (χ1v) is 12.6. The third-order valence-corrected chi connectivity index (χ3v) is 7.89. The van der Waals surface area contributed by atoms with Crippen LogP contribution >= 0.6 is 11.9 Å². The van der Waals surface area contributed by atoms with Crippen molar-refractivity contribution in [2.45, 2.75) is 49.2 Å². The van der Waals surface area contributed by atoms with Crippen LogP contribution in [0.15, 0.2) is 53.7 Å². The zero-order valence-corrected chi connectivity index (χ0v) is 19.6. The number of nitrogens with zero attached hydrogens (tertiary/aromatic N) is 4. The molecule has 1 amide bonds. The highest BCUT2D eigenvalue weighted by molar-refractivity contribution is 7.97. The molecule has 172 valence electrons. The van der Waals surface area contributed by atoms with Gasteiger partial charge in [-0.25, -0.2) is 4.72 Å². The molecule has 2 aromatic heterocycles. The van der Waals surface area contributed by atoms with Crippen LogP contribution in [0.25, 0.3) is 10.9 Å². The number of aryl methyl sites for hydroxylation is 1. The van der Waals surface area contributed by atoms with Crippen LogP contribution in [0.3, 0.4) is 0 Å². The van der Waals surface area contributed by atoms with E-state index in [1.165, 1.54) is 31.2 Å². The fourth-order valence-corrected chi connectivity index (χ4v) is 5.99. The standard InChI is InChI=1S/C25H30N6OS/c26-17-19-6-4-13-29(19)14-10-23(28-33-24-8-3-7-22-21(24)9-11-27-22)25(32)31-16-15-30-12-2-1-5-20(30)18-31/h3-4,6-9,11,13,20,23,27-28H,1-2,5,10,12,14-16,18H2. The Labute approximate surface area is 198 Å². The van der Waals surface area contributed by atoms with E-state index < -0.39 is 0 Å². The third kappa shape index (κ3) is 4.81. The zero-order chi connectivity index (χ0) is 22.6. The van der Waals surface area contributed by atoms with E-state index in [1.807, 2.05) is 35.2 Å². The molecular weight excluding hydrogens is 432 g/mol. The molecule has 0 radical (unpaired) electrons. The topological polar surface area (TPSA) is 80.1 Å². The van der Waals surface area contributed by atoms with Gasteiger partial charge in [-0.05, 0) is 68.1 Å². The number of rotatable bonds is 7. The van der Waals surface area contributed by atoms with Gasteiger partial charge >= 0.3 is 0 Å². The molecule has 2 N–H and O–H groups in total. The number of carbonyl (C=O) groups excluding carboxylic acids is 1. The molecule has 1 aromatic carbocycles. The summed E-state index contributed by atoms with van der Waals surface area (Å²) >= 11 is 1.52. The first-order valence-electron chi connectivity index (χ1n) is 11.8. The van der Waals surface area contributed by atoms with E-state index in [1.54, 1.807) is 0 Å². The normalized spacial score (nSPS) is 19.8. The quantitative estimate of drug-likeness (QED) is 0.525. The zero-order valence-electron chi connectivity index (χ0n) is 18.7. The number of benzene rings is 1. The third-order valence-electron chi connectivity index (χ3n) is 6.92. The number of hydrogen-bond donors (Lipinski definition) is 2. The molecule has 2 aliphatic rings. The van der Waals surface area contributed by atoms with Crippen molar-refractivity contribution in [2.24, 2.45) is 0 Å². The summed E-state index contributed by atoms with van der Waals surface area (Å²) in [7, 11) is 0. The lowest BCUT2D eigenvalue weighted by Crippen LogP contribution is -2.58. The molecule has 33 heavy (non-hydrogen) atoms. The number of hydrogen-bond acceptors (Lipinski definition) is 5. The molecule has 2 fully saturated rings. The van der Waals surface area contributed by atoms with Crippen molar-refractivity contribution < 1.29 is 4.79 Å². The lowest BCUT2D eigenvalue weighted by atomic mass is 9.99.